The molecule has 0 unspecified atom stereocenters. The minimum Gasteiger partial charge on any atom is -0.489 e. The Morgan fingerprint density at radius 1 is 0.929 bits per heavy atom. The third-order valence-corrected chi connectivity index (χ3v) is 4.43. The Bertz CT molecular complexity index is 956. The van der Waals surface area contributed by atoms with E-state index in [1.807, 2.05) is 60.7 Å². The second-order valence-corrected chi connectivity index (χ2v) is 6.43. The van der Waals surface area contributed by atoms with Crippen molar-refractivity contribution in [1.29, 1.82) is 0 Å². The van der Waals surface area contributed by atoms with E-state index in [2.05, 4.69) is 5.32 Å². The molecule has 142 valence electrons. The number of ether oxygens (including phenoxy) is 3. The van der Waals surface area contributed by atoms with Crippen LogP contribution in [0.3, 0.4) is 0 Å². The first-order valence-corrected chi connectivity index (χ1v) is 9.22. The van der Waals surface area contributed by atoms with Gasteiger partial charge < -0.3 is 19.5 Å². The summed E-state index contributed by atoms with van der Waals surface area (Å²) in [4.78, 5) is 12.6. The lowest BCUT2D eigenvalue weighted by atomic mass is 10.1. The molecule has 1 aliphatic rings. The van der Waals surface area contributed by atoms with Crippen LogP contribution >= 0.6 is 0 Å². The van der Waals surface area contributed by atoms with Crippen LogP contribution in [0, 0.1) is 0 Å². The Hall–Kier alpha value is -3.47. The zero-order valence-corrected chi connectivity index (χ0v) is 15.4. The van der Waals surface area contributed by atoms with Crippen molar-refractivity contribution in [1.82, 2.24) is 5.32 Å². The number of para-hydroxylation sites is 1. The molecule has 5 nitrogen and oxygen atoms in total. The summed E-state index contributed by atoms with van der Waals surface area (Å²) in [6.45, 7) is 1.87. The molecular weight excluding hydrogens is 354 g/mol. The van der Waals surface area contributed by atoms with Gasteiger partial charge in [-0.1, -0.05) is 48.5 Å². The second kappa shape index (κ2) is 8.48. The molecule has 4 rings (SSSR count). The first kappa shape index (κ1) is 17.9. The normalized spacial score (nSPS) is 12.3. The number of rotatable bonds is 6. The summed E-state index contributed by atoms with van der Waals surface area (Å²) >= 11 is 0. The summed E-state index contributed by atoms with van der Waals surface area (Å²) in [7, 11) is 0. The highest BCUT2D eigenvalue weighted by Crippen LogP contribution is 2.33. The molecule has 0 aliphatic carbocycles. The van der Waals surface area contributed by atoms with Gasteiger partial charge in [0.15, 0.2) is 11.5 Å². The van der Waals surface area contributed by atoms with Crippen LogP contribution in [0.5, 0.6) is 17.2 Å². The molecule has 3 aromatic carbocycles. The van der Waals surface area contributed by atoms with Crippen molar-refractivity contribution < 1.29 is 19.0 Å². The van der Waals surface area contributed by atoms with E-state index in [4.69, 9.17) is 14.2 Å². The number of carbonyl (C=O) groups excluding carboxylic acids is 1. The standard InChI is InChI=1S/C23H21NO4/c25-23(24-15-19-9-5-11-21-22(19)27-13-12-26-21)18-8-4-10-20(14-18)28-16-17-6-2-1-3-7-17/h1-11,14H,12-13,15-16H2,(H,24,25). The number of hydrogen-bond acceptors (Lipinski definition) is 4. The molecule has 1 heterocycles. The number of fused-ring (bicyclic) bond motifs is 1. The van der Waals surface area contributed by atoms with Gasteiger partial charge in [-0.15, -0.1) is 0 Å². The maximum atomic E-state index is 12.6. The first-order chi connectivity index (χ1) is 13.8. The van der Waals surface area contributed by atoms with E-state index in [0.717, 1.165) is 11.1 Å². The van der Waals surface area contributed by atoms with E-state index in [1.54, 1.807) is 12.1 Å². The first-order valence-electron chi connectivity index (χ1n) is 9.22. The topological polar surface area (TPSA) is 56.8 Å². The van der Waals surface area contributed by atoms with Gasteiger partial charge >= 0.3 is 0 Å². The van der Waals surface area contributed by atoms with Gasteiger partial charge in [-0.25, -0.2) is 0 Å². The van der Waals surface area contributed by atoms with E-state index in [9.17, 15) is 4.79 Å². The predicted molar refractivity (Wildman–Crippen MR) is 106 cm³/mol. The van der Waals surface area contributed by atoms with Gasteiger partial charge in [-0.3, -0.25) is 4.79 Å². The highest BCUT2D eigenvalue weighted by Gasteiger charge is 2.16. The third-order valence-electron chi connectivity index (χ3n) is 4.43. The number of hydrogen-bond donors (Lipinski definition) is 1. The lowest BCUT2D eigenvalue weighted by Crippen LogP contribution is -2.24. The minimum atomic E-state index is -0.167. The summed E-state index contributed by atoms with van der Waals surface area (Å²) in [6.07, 6.45) is 0. The van der Waals surface area contributed by atoms with Crippen molar-refractivity contribution >= 4 is 5.91 Å². The van der Waals surface area contributed by atoms with Gasteiger partial charge in [0.1, 0.15) is 25.6 Å². The van der Waals surface area contributed by atoms with E-state index in [1.165, 1.54) is 0 Å². The molecule has 0 atom stereocenters. The smallest absolute Gasteiger partial charge is 0.251 e. The van der Waals surface area contributed by atoms with Gasteiger partial charge in [0.2, 0.25) is 0 Å². The maximum absolute atomic E-state index is 12.6. The van der Waals surface area contributed by atoms with E-state index < -0.39 is 0 Å². The van der Waals surface area contributed by atoms with E-state index in [-0.39, 0.29) is 5.91 Å². The molecule has 1 N–H and O–H groups in total. The minimum absolute atomic E-state index is 0.167. The number of nitrogens with one attached hydrogen (secondary N) is 1. The van der Waals surface area contributed by atoms with Crippen LogP contribution < -0.4 is 19.5 Å². The van der Waals surface area contributed by atoms with Crippen LogP contribution in [0.15, 0.2) is 72.8 Å². The molecule has 0 bridgehead atoms. The van der Waals surface area contributed by atoms with Gasteiger partial charge in [-0.05, 0) is 29.8 Å². The highest BCUT2D eigenvalue weighted by molar-refractivity contribution is 5.94. The molecule has 28 heavy (non-hydrogen) atoms. The fourth-order valence-electron chi connectivity index (χ4n) is 3.02. The van der Waals surface area contributed by atoms with Crippen LogP contribution in [0.25, 0.3) is 0 Å². The summed E-state index contributed by atoms with van der Waals surface area (Å²) in [5.74, 6) is 1.91. The van der Waals surface area contributed by atoms with Crippen molar-refractivity contribution in [3.63, 3.8) is 0 Å². The third kappa shape index (κ3) is 4.26. The summed E-state index contributed by atoms with van der Waals surface area (Å²) in [5, 5.41) is 2.94. The zero-order chi connectivity index (χ0) is 19.2. The number of amides is 1. The average Bonchev–Trinajstić information content (AvgIpc) is 2.77. The molecule has 0 saturated heterocycles. The van der Waals surface area contributed by atoms with Crippen molar-refractivity contribution in [2.75, 3.05) is 13.2 Å². The maximum Gasteiger partial charge on any atom is 0.251 e. The van der Waals surface area contributed by atoms with E-state index in [0.29, 0.717) is 49.2 Å². The molecule has 0 fully saturated rings. The largest absolute Gasteiger partial charge is 0.489 e. The van der Waals surface area contributed by atoms with Crippen LogP contribution in [-0.4, -0.2) is 19.1 Å². The molecular formula is C23H21NO4. The van der Waals surface area contributed by atoms with Crippen LogP contribution in [-0.2, 0) is 13.2 Å². The summed E-state index contributed by atoms with van der Waals surface area (Å²) < 4.78 is 17.1. The molecule has 0 radical (unpaired) electrons. The lowest BCUT2D eigenvalue weighted by molar-refractivity contribution is 0.0949. The Balaban J connectivity index is 1.39. The number of benzene rings is 3. The van der Waals surface area contributed by atoms with Crippen molar-refractivity contribution in [3.05, 3.63) is 89.5 Å². The summed E-state index contributed by atoms with van der Waals surface area (Å²) in [5.41, 5.74) is 2.52. The molecule has 1 amide bonds. The highest BCUT2D eigenvalue weighted by atomic mass is 16.6. The monoisotopic (exact) mass is 375 g/mol. The zero-order valence-electron chi connectivity index (χ0n) is 15.4. The van der Waals surface area contributed by atoms with Crippen LogP contribution in [0.4, 0.5) is 0 Å². The van der Waals surface area contributed by atoms with Gasteiger partial charge in [-0.2, -0.15) is 0 Å². The van der Waals surface area contributed by atoms with Gasteiger partial charge in [0.05, 0.1) is 0 Å². The summed E-state index contributed by atoms with van der Waals surface area (Å²) in [6, 6.07) is 22.8. The molecule has 1 aliphatic heterocycles. The Kier molecular flexibility index (Phi) is 5.43. The fraction of sp³-hybridized carbons (Fsp3) is 0.174. The van der Waals surface area contributed by atoms with Crippen molar-refractivity contribution in [3.8, 4) is 17.2 Å². The van der Waals surface area contributed by atoms with Crippen LogP contribution in [0.1, 0.15) is 21.5 Å². The van der Waals surface area contributed by atoms with Crippen molar-refractivity contribution in [2.24, 2.45) is 0 Å². The average molecular weight is 375 g/mol. The second-order valence-electron chi connectivity index (χ2n) is 6.43. The predicted octanol–water partition coefficient (Wildman–Crippen LogP) is 3.97. The Morgan fingerprint density at radius 3 is 2.64 bits per heavy atom. The quantitative estimate of drug-likeness (QED) is 0.708. The lowest BCUT2D eigenvalue weighted by Gasteiger charge is -2.21. The Labute approximate surface area is 163 Å². The number of carbonyl (C=O) groups is 1. The van der Waals surface area contributed by atoms with Crippen LogP contribution in [0.2, 0.25) is 0 Å². The Morgan fingerprint density at radius 2 is 1.75 bits per heavy atom. The molecule has 0 aromatic heterocycles. The van der Waals surface area contributed by atoms with Gasteiger partial charge in [0, 0.05) is 17.7 Å². The van der Waals surface area contributed by atoms with Crippen molar-refractivity contribution in [2.45, 2.75) is 13.2 Å². The fourth-order valence-corrected chi connectivity index (χ4v) is 3.02. The molecule has 0 saturated carbocycles. The molecule has 3 aromatic rings. The molecule has 0 spiro atoms. The van der Waals surface area contributed by atoms with E-state index >= 15 is 0 Å². The van der Waals surface area contributed by atoms with Gasteiger partial charge in [0.25, 0.3) is 5.91 Å². The SMILES string of the molecule is O=C(NCc1cccc2c1OCCO2)c1cccc(OCc2ccccc2)c1. The molecule has 5 heteroatoms.